The first kappa shape index (κ1) is 20.5. The van der Waals surface area contributed by atoms with Crippen LogP contribution in [0.3, 0.4) is 0 Å². The topological polar surface area (TPSA) is 56.2 Å². The van der Waals surface area contributed by atoms with Crippen LogP contribution in [0.5, 0.6) is 0 Å². The van der Waals surface area contributed by atoms with Gasteiger partial charge in [-0.2, -0.15) is 0 Å². The Morgan fingerprint density at radius 1 is 0.480 bits per heavy atom. The highest BCUT2D eigenvalue weighted by Gasteiger charge is 2.23. The molecule has 0 atom stereocenters. The average Bonchev–Trinajstić information content (AvgIpc) is 3.93. The maximum absolute atomic E-state index is 9.84. The third-order valence-electron chi connectivity index (χ3n) is 9.29. The van der Waals surface area contributed by atoms with Crippen molar-refractivity contribution in [2.45, 2.75) is 0 Å². The van der Waals surface area contributed by atoms with E-state index >= 15 is 0 Å². The largest absolute Gasteiger partial charge is 0.455 e. The van der Waals surface area contributed by atoms with Gasteiger partial charge in [-0.3, -0.25) is 0 Å². The summed E-state index contributed by atoms with van der Waals surface area (Å²) in [5.74, 6) is 1.33. The molecular formula is C45H26N4O. The summed E-state index contributed by atoms with van der Waals surface area (Å²) in [6.07, 6.45) is 0. The van der Waals surface area contributed by atoms with Gasteiger partial charge in [-0.05, 0) is 47.4 Å². The highest BCUT2D eigenvalue weighted by atomic mass is 16.3. The van der Waals surface area contributed by atoms with Crippen LogP contribution in [-0.4, -0.2) is 19.4 Å². The van der Waals surface area contributed by atoms with Gasteiger partial charge in [0.15, 0.2) is 17.5 Å². The lowest BCUT2D eigenvalue weighted by Gasteiger charge is -2.10. The molecule has 0 saturated carbocycles. The highest BCUT2D eigenvalue weighted by molar-refractivity contribution is 6.32. The number of fused-ring (bicyclic) bond motifs is 10. The Bertz CT molecular complexity index is 3490. The second-order valence-corrected chi connectivity index (χ2v) is 12.2. The summed E-state index contributed by atoms with van der Waals surface area (Å²) in [6.45, 7) is 0. The zero-order chi connectivity index (χ0) is 39.7. The van der Waals surface area contributed by atoms with E-state index in [1.807, 2.05) is 84.9 Å². The number of rotatable bonds is 4. The maximum atomic E-state index is 9.84. The third-order valence-corrected chi connectivity index (χ3v) is 9.29. The lowest BCUT2D eigenvalue weighted by Crippen LogP contribution is -2.00. The van der Waals surface area contributed by atoms with Crippen LogP contribution in [0.1, 0.15) is 11.0 Å². The number of aromatic nitrogens is 4. The molecule has 0 aliphatic rings. The lowest BCUT2D eigenvalue weighted by atomic mass is 9.99. The Labute approximate surface area is 297 Å². The van der Waals surface area contributed by atoms with Gasteiger partial charge in [0.2, 0.25) is 0 Å². The zero-order valence-electron chi connectivity index (χ0n) is 34.1. The molecule has 11 rings (SSSR count). The van der Waals surface area contributed by atoms with Crippen LogP contribution in [0.15, 0.2) is 162 Å². The molecule has 232 valence electrons. The Morgan fingerprint density at radius 2 is 1.12 bits per heavy atom. The molecule has 0 amide bonds. The van der Waals surface area contributed by atoms with Crippen molar-refractivity contribution >= 4 is 60.0 Å². The van der Waals surface area contributed by atoms with E-state index in [4.69, 9.17) is 24.9 Å². The summed E-state index contributed by atoms with van der Waals surface area (Å²) in [4.78, 5) is 14.5. The molecule has 4 heterocycles. The van der Waals surface area contributed by atoms with E-state index in [0.29, 0.717) is 61.2 Å². The summed E-state index contributed by atoms with van der Waals surface area (Å²) < 4.78 is 81.8. The molecule has 0 unspecified atom stereocenters. The third kappa shape index (κ3) is 3.92. The van der Waals surface area contributed by atoms with Gasteiger partial charge in [0.1, 0.15) is 11.2 Å². The number of hydrogen-bond donors (Lipinski definition) is 0. The van der Waals surface area contributed by atoms with Crippen LogP contribution in [0.2, 0.25) is 0 Å². The summed E-state index contributed by atoms with van der Waals surface area (Å²) in [5.41, 5.74) is 4.16. The van der Waals surface area contributed by atoms with E-state index in [2.05, 4.69) is 0 Å². The molecule has 4 aromatic heterocycles. The molecule has 5 nitrogen and oxygen atoms in total. The number of benzene rings is 7. The molecule has 0 N–H and O–H groups in total. The van der Waals surface area contributed by atoms with Crippen molar-refractivity contribution in [3.63, 3.8) is 0 Å². The van der Waals surface area contributed by atoms with Gasteiger partial charge in [-0.15, -0.1) is 0 Å². The molecule has 50 heavy (non-hydrogen) atoms. The molecule has 0 spiro atoms. The quantitative estimate of drug-likeness (QED) is 0.191. The normalized spacial score (nSPS) is 14.2. The minimum absolute atomic E-state index is 0.0305. The SMILES string of the molecule is [2H]c1c([2H])c([2H])c2c(c1[2H])c1c3oc4ccccc4c3c([2H])c3c4c([2H])c(-c5cccc(-c6nc(-c7ccccc7)nc(-c7ccccc7)n6)c5)c([2H])c([2H])c4n2c31. The Hall–Kier alpha value is -6.85. The van der Waals surface area contributed by atoms with Crippen molar-refractivity contribution < 1.29 is 15.4 Å². The first-order chi connectivity index (χ1) is 28.1. The summed E-state index contributed by atoms with van der Waals surface area (Å²) in [7, 11) is 0. The Morgan fingerprint density at radius 3 is 1.90 bits per heavy atom. The Kier molecular flexibility index (Phi) is 4.23. The standard InChI is InChI=1S/C45H26N4O/c1-3-12-27(13-4-1)43-46-44(28-14-5-2-6-15-28)48-45(47-43)31-17-11-16-29(24-31)30-22-23-38-34(25-30)35-26-36-32-18-8-10-21-39(32)50-42(36)40-33-19-7-9-20-37(33)49(38)41(35)40/h1-26H/i7D,9D,19D,20D,22D,23D,25D,26D. The van der Waals surface area contributed by atoms with Crippen molar-refractivity contribution in [2.24, 2.45) is 0 Å². The van der Waals surface area contributed by atoms with E-state index in [9.17, 15) is 5.48 Å². The molecule has 0 aliphatic carbocycles. The summed E-state index contributed by atoms with van der Waals surface area (Å²) >= 11 is 0. The van der Waals surface area contributed by atoms with Gasteiger partial charge >= 0.3 is 0 Å². The number of para-hydroxylation sites is 2. The molecule has 0 bridgehead atoms. The van der Waals surface area contributed by atoms with Crippen LogP contribution < -0.4 is 0 Å². The van der Waals surface area contributed by atoms with Crippen molar-refractivity contribution in [3.8, 4) is 45.3 Å². The van der Waals surface area contributed by atoms with E-state index in [0.717, 1.165) is 11.1 Å². The molecule has 11 aromatic rings. The second-order valence-electron chi connectivity index (χ2n) is 12.2. The van der Waals surface area contributed by atoms with Crippen LogP contribution in [0, 0.1) is 0 Å². The number of furan rings is 1. The van der Waals surface area contributed by atoms with Crippen molar-refractivity contribution in [1.82, 2.24) is 19.4 Å². The fourth-order valence-corrected chi connectivity index (χ4v) is 7.03. The molecule has 0 aliphatic heterocycles. The highest BCUT2D eigenvalue weighted by Crippen LogP contribution is 2.46. The monoisotopic (exact) mass is 646 g/mol. The van der Waals surface area contributed by atoms with Crippen molar-refractivity contribution in [1.29, 1.82) is 0 Å². The molecule has 0 saturated heterocycles. The lowest BCUT2D eigenvalue weighted by molar-refractivity contribution is 0.673. The van der Waals surface area contributed by atoms with Crippen LogP contribution >= 0.6 is 0 Å². The predicted octanol–water partition coefficient (Wildman–Crippen LogP) is 11.6. The molecule has 0 fully saturated rings. The van der Waals surface area contributed by atoms with Crippen molar-refractivity contribution in [3.05, 3.63) is 158 Å². The second kappa shape index (κ2) is 10.3. The van der Waals surface area contributed by atoms with Gasteiger partial charge in [0, 0.05) is 43.6 Å². The molecule has 7 aromatic carbocycles. The van der Waals surface area contributed by atoms with Gasteiger partial charge < -0.3 is 8.82 Å². The van der Waals surface area contributed by atoms with Crippen LogP contribution in [-0.2, 0) is 0 Å². The van der Waals surface area contributed by atoms with Gasteiger partial charge in [0.25, 0.3) is 0 Å². The smallest absolute Gasteiger partial charge is 0.164 e. The minimum Gasteiger partial charge on any atom is -0.455 e. The van der Waals surface area contributed by atoms with Gasteiger partial charge in [0.05, 0.1) is 32.9 Å². The van der Waals surface area contributed by atoms with E-state index in [1.54, 1.807) is 24.3 Å². The fourth-order valence-electron chi connectivity index (χ4n) is 7.03. The zero-order valence-corrected chi connectivity index (χ0v) is 26.1. The number of hydrogen-bond acceptors (Lipinski definition) is 4. The Balaban J connectivity index is 1.23. The predicted molar refractivity (Wildman–Crippen MR) is 204 cm³/mol. The molecule has 0 radical (unpaired) electrons. The van der Waals surface area contributed by atoms with Crippen LogP contribution in [0.4, 0.5) is 0 Å². The minimum atomic E-state index is -0.458. The first-order valence-corrected chi connectivity index (χ1v) is 16.1. The summed E-state index contributed by atoms with van der Waals surface area (Å²) in [5, 5.41) is 2.15. The first-order valence-electron chi connectivity index (χ1n) is 20.1. The number of nitrogens with zero attached hydrogens (tertiary/aromatic N) is 4. The summed E-state index contributed by atoms with van der Waals surface area (Å²) in [6, 6.07) is 31.6. The van der Waals surface area contributed by atoms with E-state index in [-0.39, 0.29) is 69.2 Å². The molecular weight excluding hydrogens is 613 g/mol. The fraction of sp³-hybridized carbons (Fsp3) is 0. The van der Waals surface area contributed by atoms with Gasteiger partial charge in [-0.1, -0.05) is 121 Å². The average molecular weight is 647 g/mol. The molecule has 5 heteroatoms. The maximum Gasteiger partial charge on any atom is 0.164 e. The van der Waals surface area contributed by atoms with Crippen LogP contribution in [0.25, 0.3) is 105 Å². The van der Waals surface area contributed by atoms with Gasteiger partial charge in [-0.25, -0.2) is 15.0 Å². The van der Waals surface area contributed by atoms with E-state index < -0.39 is 12.1 Å². The van der Waals surface area contributed by atoms with Crippen molar-refractivity contribution in [2.75, 3.05) is 0 Å². The van der Waals surface area contributed by atoms with E-state index in [1.165, 1.54) is 4.40 Å².